The standard InChI is InChI=1S/C31H35F4N3O5/c1-19(2)38-17-29(3,18-38)22-14-24(20-5-8-23(32)9-6-20)37-27(15-22)30(41,31(33,34)35)16-36-28(40)21-7-10-25(43-12-11-39)26(13-21)42-4/h5-10,13-15,19,39,41H,11-12,16-18H2,1-4H3,(H,36,40). The number of rotatable bonds is 11. The minimum absolute atomic E-state index is 0.0267. The smallest absolute Gasteiger partial charge is 0.424 e. The number of likely N-dealkylation sites (tertiary alicyclic amines) is 1. The Hall–Kier alpha value is -3.74. The van der Waals surface area contributed by atoms with Gasteiger partial charge in [-0.05, 0) is 74.0 Å². The van der Waals surface area contributed by atoms with Gasteiger partial charge in [0.2, 0.25) is 5.60 Å². The number of pyridine rings is 1. The van der Waals surface area contributed by atoms with Crippen LogP contribution in [0.5, 0.6) is 11.5 Å². The normalized spacial score (nSPS) is 16.3. The van der Waals surface area contributed by atoms with Crippen molar-refractivity contribution < 1.29 is 42.0 Å². The third kappa shape index (κ3) is 6.76. The SMILES string of the molecule is COc1cc(C(=O)NCC(O)(c2cc(C3(C)CN(C(C)C)C3)cc(-c3ccc(F)cc3)n2)C(F)(F)F)ccc1OCCO. The van der Waals surface area contributed by atoms with Crippen molar-refractivity contribution in [2.45, 2.75) is 44.0 Å². The number of amides is 1. The number of aliphatic hydroxyl groups is 2. The van der Waals surface area contributed by atoms with Crippen LogP contribution in [0.25, 0.3) is 11.3 Å². The first kappa shape index (κ1) is 32.2. The molecule has 1 amide bonds. The van der Waals surface area contributed by atoms with Gasteiger partial charge in [-0.2, -0.15) is 13.2 Å². The van der Waals surface area contributed by atoms with Gasteiger partial charge in [-0.3, -0.25) is 9.69 Å². The van der Waals surface area contributed by atoms with Gasteiger partial charge >= 0.3 is 6.18 Å². The minimum Gasteiger partial charge on any atom is -0.493 e. The molecule has 12 heteroatoms. The van der Waals surface area contributed by atoms with Crippen LogP contribution in [0.3, 0.4) is 0 Å². The van der Waals surface area contributed by atoms with Gasteiger partial charge in [0, 0.05) is 35.7 Å². The van der Waals surface area contributed by atoms with E-state index in [2.05, 4.69) is 15.2 Å². The number of benzene rings is 2. The maximum Gasteiger partial charge on any atom is 0.424 e. The van der Waals surface area contributed by atoms with Crippen molar-refractivity contribution in [2.75, 3.05) is 40.0 Å². The highest BCUT2D eigenvalue weighted by Crippen LogP contribution is 2.42. The lowest BCUT2D eigenvalue weighted by Crippen LogP contribution is -2.60. The third-order valence-corrected chi connectivity index (χ3v) is 7.67. The minimum atomic E-state index is -5.23. The Morgan fingerprint density at radius 1 is 1.09 bits per heavy atom. The Labute approximate surface area is 247 Å². The van der Waals surface area contributed by atoms with Crippen LogP contribution < -0.4 is 14.8 Å². The summed E-state index contributed by atoms with van der Waals surface area (Å²) >= 11 is 0. The summed E-state index contributed by atoms with van der Waals surface area (Å²) in [5.41, 5.74) is -3.77. The second-order valence-electron chi connectivity index (χ2n) is 11.2. The van der Waals surface area contributed by atoms with Crippen molar-refractivity contribution in [1.29, 1.82) is 0 Å². The number of carbonyl (C=O) groups excluding carboxylic acids is 1. The first-order chi connectivity index (χ1) is 20.2. The van der Waals surface area contributed by atoms with Crippen molar-refractivity contribution in [1.82, 2.24) is 15.2 Å². The van der Waals surface area contributed by atoms with Crippen LogP contribution >= 0.6 is 0 Å². The molecule has 1 unspecified atom stereocenters. The molecule has 0 bridgehead atoms. The Kier molecular flexibility index (Phi) is 9.33. The maximum atomic E-state index is 14.7. The summed E-state index contributed by atoms with van der Waals surface area (Å²) in [5, 5.41) is 22.4. The lowest BCUT2D eigenvalue weighted by Gasteiger charge is -2.51. The molecule has 2 heterocycles. The van der Waals surface area contributed by atoms with E-state index in [1.807, 2.05) is 20.8 Å². The van der Waals surface area contributed by atoms with E-state index >= 15 is 0 Å². The summed E-state index contributed by atoms with van der Waals surface area (Å²) in [6, 6.07) is 12.3. The number of hydrogen-bond donors (Lipinski definition) is 3. The summed E-state index contributed by atoms with van der Waals surface area (Å²) in [6.07, 6.45) is -5.23. The number of hydrogen-bond acceptors (Lipinski definition) is 7. The summed E-state index contributed by atoms with van der Waals surface area (Å²) in [4.78, 5) is 19.3. The summed E-state index contributed by atoms with van der Waals surface area (Å²) in [6.45, 7) is 5.63. The Morgan fingerprint density at radius 3 is 2.35 bits per heavy atom. The average molecular weight is 606 g/mol. The van der Waals surface area contributed by atoms with Gasteiger partial charge < -0.3 is 25.0 Å². The molecule has 3 aromatic rings. The van der Waals surface area contributed by atoms with Crippen LogP contribution in [0.15, 0.2) is 54.6 Å². The first-order valence-electron chi connectivity index (χ1n) is 13.7. The van der Waals surface area contributed by atoms with Gasteiger partial charge in [-0.25, -0.2) is 9.37 Å². The molecule has 8 nitrogen and oxygen atoms in total. The van der Waals surface area contributed by atoms with Gasteiger partial charge in [0.1, 0.15) is 12.4 Å². The van der Waals surface area contributed by atoms with Gasteiger partial charge in [0.25, 0.3) is 5.91 Å². The Balaban J connectivity index is 1.70. The highest BCUT2D eigenvalue weighted by Gasteiger charge is 2.57. The number of carbonyl (C=O) groups is 1. The maximum absolute atomic E-state index is 14.7. The predicted octanol–water partition coefficient (Wildman–Crippen LogP) is 4.43. The van der Waals surface area contributed by atoms with Crippen LogP contribution in [-0.4, -0.2) is 78.2 Å². The zero-order valence-corrected chi connectivity index (χ0v) is 24.3. The fourth-order valence-corrected chi connectivity index (χ4v) is 4.99. The number of methoxy groups -OCH3 is 1. The second-order valence-corrected chi connectivity index (χ2v) is 11.2. The molecule has 0 spiro atoms. The lowest BCUT2D eigenvalue weighted by molar-refractivity contribution is -0.265. The summed E-state index contributed by atoms with van der Waals surface area (Å²) in [5.74, 6) is -1.05. The zero-order valence-electron chi connectivity index (χ0n) is 24.3. The molecule has 0 aliphatic carbocycles. The van der Waals surface area contributed by atoms with Crippen LogP contribution in [0, 0.1) is 5.82 Å². The molecule has 1 aliphatic rings. The molecule has 1 aliphatic heterocycles. The van der Waals surface area contributed by atoms with Crippen LogP contribution in [-0.2, 0) is 11.0 Å². The Morgan fingerprint density at radius 2 is 1.77 bits per heavy atom. The van der Waals surface area contributed by atoms with E-state index in [0.29, 0.717) is 24.2 Å². The van der Waals surface area contributed by atoms with E-state index < -0.39 is 41.2 Å². The third-order valence-electron chi connectivity index (χ3n) is 7.67. The number of nitrogens with zero attached hydrogens (tertiary/aromatic N) is 2. The molecule has 2 aromatic carbocycles. The molecular formula is C31H35F4N3O5. The Bertz CT molecular complexity index is 1440. The average Bonchev–Trinajstić information content (AvgIpc) is 2.96. The zero-order chi connectivity index (χ0) is 31.6. The van der Waals surface area contributed by atoms with Crippen molar-refractivity contribution in [3.8, 4) is 22.8 Å². The monoisotopic (exact) mass is 605 g/mol. The number of halogens is 4. The van der Waals surface area contributed by atoms with Gasteiger partial charge in [-0.15, -0.1) is 0 Å². The quantitative estimate of drug-likeness (QED) is 0.278. The predicted molar refractivity (Wildman–Crippen MR) is 152 cm³/mol. The molecule has 1 fully saturated rings. The van der Waals surface area contributed by atoms with Crippen LogP contribution in [0.1, 0.15) is 42.4 Å². The second kappa shape index (κ2) is 12.5. The topological polar surface area (TPSA) is 104 Å². The van der Waals surface area contributed by atoms with E-state index in [4.69, 9.17) is 14.6 Å². The lowest BCUT2D eigenvalue weighted by atomic mass is 9.74. The molecule has 1 atom stereocenters. The fourth-order valence-electron chi connectivity index (χ4n) is 4.99. The largest absolute Gasteiger partial charge is 0.493 e. The number of nitrogens with one attached hydrogen (secondary N) is 1. The fraction of sp³-hybridized carbons (Fsp3) is 0.419. The highest BCUT2D eigenvalue weighted by atomic mass is 19.4. The number of aliphatic hydroxyl groups excluding tert-OH is 1. The van der Waals surface area contributed by atoms with Crippen molar-refractivity contribution in [3.05, 3.63) is 77.2 Å². The molecule has 232 valence electrons. The summed E-state index contributed by atoms with van der Waals surface area (Å²) in [7, 11) is 1.32. The first-order valence-corrected chi connectivity index (χ1v) is 13.7. The number of alkyl halides is 3. The number of ether oxygens (including phenoxy) is 2. The van der Waals surface area contributed by atoms with Crippen molar-refractivity contribution in [3.63, 3.8) is 0 Å². The molecule has 0 radical (unpaired) electrons. The molecule has 4 rings (SSSR count). The summed E-state index contributed by atoms with van der Waals surface area (Å²) < 4.78 is 68.1. The highest BCUT2D eigenvalue weighted by molar-refractivity contribution is 5.95. The molecule has 1 aromatic heterocycles. The van der Waals surface area contributed by atoms with Crippen molar-refractivity contribution in [2.24, 2.45) is 0 Å². The molecular weight excluding hydrogens is 570 g/mol. The van der Waals surface area contributed by atoms with Crippen LogP contribution in [0.2, 0.25) is 0 Å². The van der Waals surface area contributed by atoms with E-state index in [9.17, 15) is 27.5 Å². The van der Waals surface area contributed by atoms with Gasteiger partial charge in [0.15, 0.2) is 11.5 Å². The van der Waals surface area contributed by atoms with Crippen LogP contribution in [0.4, 0.5) is 17.6 Å². The van der Waals surface area contributed by atoms with E-state index in [0.717, 1.165) is 0 Å². The van der Waals surface area contributed by atoms with E-state index in [1.54, 1.807) is 6.07 Å². The molecule has 43 heavy (non-hydrogen) atoms. The van der Waals surface area contributed by atoms with Gasteiger partial charge in [-0.1, -0.05) is 6.92 Å². The van der Waals surface area contributed by atoms with Crippen molar-refractivity contribution >= 4 is 5.91 Å². The van der Waals surface area contributed by atoms with Gasteiger partial charge in [0.05, 0.1) is 31.6 Å². The van der Waals surface area contributed by atoms with E-state index in [-0.39, 0.29) is 42.0 Å². The number of aromatic nitrogens is 1. The van der Waals surface area contributed by atoms with E-state index in [1.165, 1.54) is 55.6 Å². The molecule has 3 N–H and O–H groups in total. The molecule has 0 saturated carbocycles. The molecule has 1 saturated heterocycles.